The van der Waals surface area contributed by atoms with E-state index in [-0.39, 0.29) is 0 Å². The Kier molecular flexibility index (Phi) is 4.27. The first-order valence-electron chi connectivity index (χ1n) is 6.50. The van der Waals surface area contributed by atoms with Crippen molar-refractivity contribution in [3.63, 3.8) is 0 Å². The Morgan fingerprint density at radius 1 is 1.21 bits per heavy atom. The molecule has 0 radical (unpaired) electrons. The zero-order chi connectivity index (χ0) is 13.8. The third-order valence-electron chi connectivity index (χ3n) is 3.25. The molecule has 0 aliphatic carbocycles. The lowest BCUT2D eigenvalue weighted by atomic mass is 10.2. The summed E-state index contributed by atoms with van der Waals surface area (Å²) in [4.78, 5) is 4.69. The summed E-state index contributed by atoms with van der Waals surface area (Å²) >= 11 is 0. The number of likely N-dealkylation sites (N-methyl/N-ethyl adjacent to an activating group) is 1. The number of fused-ring (bicyclic) bond motifs is 1. The van der Waals surface area contributed by atoms with Crippen LogP contribution in [0.15, 0.2) is 12.1 Å². The highest BCUT2D eigenvalue weighted by Gasteiger charge is 2.13. The Morgan fingerprint density at radius 2 is 1.89 bits per heavy atom. The van der Waals surface area contributed by atoms with E-state index in [1.807, 2.05) is 19.2 Å². The summed E-state index contributed by atoms with van der Waals surface area (Å²) in [6.07, 6.45) is 0.906. The maximum Gasteiger partial charge on any atom is 0.163 e. The number of hydrogen-bond acceptors (Lipinski definition) is 4. The maximum atomic E-state index is 5.36. The van der Waals surface area contributed by atoms with E-state index in [4.69, 9.17) is 14.5 Å². The fraction of sp³-hybridized carbons (Fsp3) is 0.500. The van der Waals surface area contributed by atoms with Crippen LogP contribution in [0.5, 0.6) is 11.5 Å². The first kappa shape index (κ1) is 13.7. The van der Waals surface area contributed by atoms with E-state index in [0.29, 0.717) is 0 Å². The van der Waals surface area contributed by atoms with Gasteiger partial charge >= 0.3 is 0 Å². The molecule has 19 heavy (non-hydrogen) atoms. The molecular weight excluding hydrogens is 242 g/mol. The lowest BCUT2D eigenvalue weighted by Gasteiger charge is -2.09. The molecule has 1 aromatic heterocycles. The first-order valence-corrected chi connectivity index (χ1v) is 6.50. The van der Waals surface area contributed by atoms with Crippen LogP contribution in [-0.2, 0) is 13.0 Å². The zero-order valence-electron chi connectivity index (χ0n) is 12.0. The number of aromatic nitrogens is 2. The molecule has 0 unspecified atom stereocenters. The Hall–Kier alpha value is -1.75. The third kappa shape index (κ3) is 2.51. The van der Waals surface area contributed by atoms with Gasteiger partial charge in [-0.15, -0.1) is 0 Å². The molecule has 2 rings (SSSR count). The van der Waals surface area contributed by atoms with Crippen molar-refractivity contribution in [2.45, 2.75) is 19.9 Å². The third-order valence-corrected chi connectivity index (χ3v) is 3.25. The normalized spacial score (nSPS) is 10.9. The molecule has 0 bridgehead atoms. The summed E-state index contributed by atoms with van der Waals surface area (Å²) in [7, 11) is 5.24. The molecule has 1 aromatic carbocycles. The smallest absolute Gasteiger partial charge is 0.163 e. The first-order chi connectivity index (χ1) is 9.24. The van der Waals surface area contributed by atoms with E-state index in [0.717, 1.165) is 47.9 Å². The van der Waals surface area contributed by atoms with Crippen LogP contribution in [0.25, 0.3) is 11.0 Å². The highest BCUT2D eigenvalue weighted by molar-refractivity contribution is 5.80. The van der Waals surface area contributed by atoms with E-state index >= 15 is 0 Å². The molecule has 0 saturated heterocycles. The Balaban J connectivity index is 2.55. The van der Waals surface area contributed by atoms with E-state index < -0.39 is 0 Å². The van der Waals surface area contributed by atoms with Crippen molar-refractivity contribution in [1.82, 2.24) is 14.9 Å². The standard InChI is InChI=1S/C14H21N3O2/c1-5-17-11-9-13(19-4)12(18-3)8-10(11)16-14(17)6-7-15-2/h8-9,15H,5-7H2,1-4H3. The SMILES string of the molecule is CCn1c(CCNC)nc2cc(OC)c(OC)cc21. The number of hydrogen-bond donors (Lipinski definition) is 1. The van der Waals surface area contributed by atoms with Gasteiger partial charge in [0, 0.05) is 31.6 Å². The van der Waals surface area contributed by atoms with Crippen molar-refractivity contribution in [3.05, 3.63) is 18.0 Å². The van der Waals surface area contributed by atoms with Gasteiger partial charge in [-0.05, 0) is 14.0 Å². The number of nitrogens with zero attached hydrogens (tertiary/aromatic N) is 2. The quantitative estimate of drug-likeness (QED) is 0.864. The Bertz CT molecular complexity index is 563. The second-order valence-corrected chi connectivity index (χ2v) is 4.32. The molecule has 0 aliphatic heterocycles. The van der Waals surface area contributed by atoms with Crippen molar-refractivity contribution in [2.75, 3.05) is 27.8 Å². The molecule has 0 fully saturated rings. The Labute approximate surface area is 113 Å². The topological polar surface area (TPSA) is 48.3 Å². The van der Waals surface area contributed by atoms with Crippen molar-refractivity contribution >= 4 is 11.0 Å². The second-order valence-electron chi connectivity index (χ2n) is 4.32. The van der Waals surface area contributed by atoms with Crippen LogP contribution in [0.3, 0.4) is 0 Å². The zero-order valence-corrected chi connectivity index (χ0v) is 12.0. The number of ether oxygens (including phenoxy) is 2. The largest absolute Gasteiger partial charge is 0.493 e. The minimum Gasteiger partial charge on any atom is -0.493 e. The van der Waals surface area contributed by atoms with Gasteiger partial charge in [-0.25, -0.2) is 4.98 Å². The van der Waals surface area contributed by atoms with Gasteiger partial charge < -0.3 is 19.4 Å². The molecule has 5 nitrogen and oxygen atoms in total. The van der Waals surface area contributed by atoms with Gasteiger partial charge in [0.15, 0.2) is 11.5 Å². The van der Waals surface area contributed by atoms with Crippen molar-refractivity contribution in [3.8, 4) is 11.5 Å². The average Bonchev–Trinajstić information content (AvgIpc) is 2.79. The van der Waals surface area contributed by atoms with Crippen LogP contribution in [0.1, 0.15) is 12.7 Å². The number of aryl methyl sites for hydroxylation is 1. The van der Waals surface area contributed by atoms with Gasteiger partial charge in [0.25, 0.3) is 0 Å². The van der Waals surface area contributed by atoms with Crippen LogP contribution >= 0.6 is 0 Å². The summed E-state index contributed by atoms with van der Waals surface area (Å²) in [5.41, 5.74) is 2.04. The molecule has 5 heteroatoms. The van der Waals surface area contributed by atoms with Crippen LogP contribution < -0.4 is 14.8 Å². The summed E-state index contributed by atoms with van der Waals surface area (Å²) in [5, 5.41) is 3.15. The summed E-state index contributed by atoms with van der Waals surface area (Å²) in [6, 6.07) is 3.93. The highest BCUT2D eigenvalue weighted by atomic mass is 16.5. The number of rotatable bonds is 6. The summed E-state index contributed by atoms with van der Waals surface area (Å²) in [6.45, 7) is 3.93. The molecular formula is C14H21N3O2. The maximum absolute atomic E-state index is 5.36. The average molecular weight is 263 g/mol. The van der Waals surface area contributed by atoms with Gasteiger partial charge in [-0.1, -0.05) is 0 Å². The van der Waals surface area contributed by atoms with E-state index in [2.05, 4.69) is 16.8 Å². The molecule has 0 amide bonds. The molecule has 104 valence electrons. The summed E-state index contributed by atoms with van der Waals surface area (Å²) < 4.78 is 12.9. The van der Waals surface area contributed by atoms with Gasteiger partial charge in [0.1, 0.15) is 5.82 Å². The van der Waals surface area contributed by atoms with Crippen LogP contribution in [0.4, 0.5) is 0 Å². The van der Waals surface area contributed by atoms with Crippen LogP contribution in [0, 0.1) is 0 Å². The number of benzene rings is 1. The lowest BCUT2D eigenvalue weighted by molar-refractivity contribution is 0.355. The minimum atomic E-state index is 0.718. The van der Waals surface area contributed by atoms with Crippen molar-refractivity contribution < 1.29 is 9.47 Å². The lowest BCUT2D eigenvalue weighted by Crippen LogP contribution is -2.13. The van der Waals surface area contributed by atoms with Crippen molar-refractivity contribution in [2.24, 2.45) is 0 Å². The van der Waals surface area contributed by atoms with E-state index in [1.165, 1.54) is 0 Å². The summed E-state index contributed by atoms with van der Waals surface area (Å²) in [5.74, 6) is 2.54. The van der Waals surface area contributed by atoms with E-state index in [1.54, 1.807) is 14.2 Å². The van der Waals surface area contributed by atoms with E-state index in [9.17, 15) is 0 Å². The number of nitrogens with one attached hydrogen (secondary N) is 1. The predicted octanol–water partition coefficient (Wildman–Crippen LogP) is 1.84. The Morgan fingerprint density at radius 3 is 2.47 bits per heavy atom. The number of methoxy groups -OCH3 is 2. The van der Waals surface area contributed by atoms with Crippen molar-refractivity contribution in [1.29, 1.82) is 0 Å². The fourth-order valence-electron chi connectivity index (χ4n) is 2.28. The number of imidazole rings is 1. The molecule has 0 atom stereocenters. The van der Waals surface area contributed by atoms with Gasteiger partial charge in [-0.3, -0.25) is 0 Å². The highest BCUT2D eigenvalue weighted by Crippen LogP contribution is 2.32. The van der Waals surface area contributed by atoms with Gasteiger partial charge in [-0.2, -0.15) is 0 Å². The molecule has 0 aliphatic rings. The van der Waals surface area contributed by atoms with Crippen LogP contribution in [-0.4, -0.2) is 37.4 Å². The predicted molar refractivity (Wildman–Crippen MR) is 76.1 cm³/mol. The molecule has 1 heterocycles. The molecule has 1 N–H and O–H groups in total. The molecule has 0 spiro atoms. The van der Waals surface area contributed by atoms with Gasteiger partial charge in [0.05, 0.1) is 25.3 Å². The second kappa shape index (κ2) is 5.93. The van der Waals surface area contributed by atoms with Gasteiger partial charge in [0.2, 0.25) is 0 Å². The minimum absolute atomic E-state index is 0.718. The molecule has 0 saturated carbocycles. The monoisotopic (exact) mass is 263 g/mol. The fourth-order valence-corrected chi connectivity index (χ4v) is 2.28. The molecule has 2 aromatic rings. The van der Waals surface area contributed by atoms with Crippen LogP contribution in [0.2, 0.25) is 0 Å².